The highest BCUT2D eigenvalue weighted by Gasteiger charge is 2.00. The van der Waals surface area contributed by atoms with Gasteiger partial charge in [-0.15, -0.1) is 0 Å². The lowest BCUT2D eigenvalue weighted by molar-refractivity contribution is 0.304. The van der Waals surface area contributed by atoms with Crippen LogP contribution >= 0.6 is 31.9 Å². The fourth-order valence-corrected chi connectivity index (χ4v) is 2.28. The van der Waals surface area contributed by atoms with Crippen molar-refractivity contribution < 1.29 is 4.74 Å². The van der Waals surface area contributed by atoms with Crippen LogP contribution in [-0.4, -0.2) is 11.9 Å². The molecule has 0 radical (unpaired) electrons. The Morgan fingerprint density at radius 3 is 2.67 bits per heavy atom. The van der Waals surface area contributed by atoms with Gasteiger partial charge in [-0.2, -0.15) is 0 Å². The van der Waals surface area contributed by atoms with Crippen molar-refractivity contribution in [3.05, 3.63) is 28.2 Å². The minimum atomic E-state index is 0.800. The molecule has 0 aliphatic heterocycles. The number of hydrogen-bond donors (Lipinski definition) is 0. The third-order valence-corrected chi connectivity index (χ3v) is 3.30. The Morgan fingerprint density at radius 1 is 1.20 bits per heavy atom. The van der Waals surface area contributed by atoms with E-state index in [1.807, 2.05) is 6.07 Å². The van der Waals surface area contributed by atoms with Crippen molar-refractivity contribution in [2.24, 2.45) is 0 Å². The average molecular weight is 336 g/mol. The summed E-state index contributed by atoms with van der Waals surface area (Å²) < 4.78 is 6.72. The number of ether oxygens (including phenoxy) is 1. The largest absolute Gasteiger partial charge is 0.492 e. The first-order valence-corrected chi connectivity index (χ1v) is 7.10. The molecule has 0 saturated carbocycles. The molecule has 0 N–H and O–H groups in total. The highest BCUT2D eigenvalue weighted by Crippen LogP contribution is 2.25. The number of benzene rings is 1. The van der Waals surface area contributed by atoms with Gasteiger partial charge in [-0.05, 0) is 59.8 Å². The fraction of sp³-hybridized carbons (Fsp3) is 0.500. The van der Waals surface area contributed by atoms with Crippen LogP contribution in [0.25, 0.3) is 0 Å². The quantitative estimate of drug-likeness (QED) is 0.540. The van der Waals surface area contributed by atoms with Gasteiger partial charge in [0.05, 0.1) is 11.1 Å². The van der Waals surface area contributed by atoms with Crippen LogP contribution in [0, 0.1) is 6.92 Å². The molecule has 1 aromatic rings. The van der Waals surface area contributed by atoms with Crippen molar-refractivity contribution in [1.29, 1.82) is 0 Å². The van der Waals surface area contributed by atoms with Gasteiger partial charge in [0, 0.05) is 5.33 Å². The molecule has 0 spiro atoms. The summed E-state index contributed by atoms with van der Waals surface area (Å²) in [6.45, 7) is 2.87. The number of hydrogen-bond acceptors (Lipinski definition) is 1. The van der Waals surface area contributed by atoms with Gasteiger partial charge in [0.25, 0.3) is 0 Å². The summed E-state index contributed by atoms with van der Waals surface area (Å²) >= 11 is 6.92. The van der Waals surface area contributed by atoms with E-state index in [2.05, 4.69) is 50.9 Å². The van der Waals surface area contributed by atoms with E-state index in [0.29, 0.717) is 0 Å². The molecule has 0 bridgehead atoms. The molecule has 84 valence electrons. The zero-order valence-corrected chi connectivity index (χ0v) is 12.1. The normalized spacial score (nSPS) is 10.3. The third-order valence-electron chi connectivity index (χ3n) is 2.12. The summed E-state index contributed by atoms with van der Waals surface area (Å²) in [5.41, 5.74) is 1.24. The van der Waals surface area contributed by atoms with Gasteiger partial charge in [-0.3, -0.25) is 0 Å². The van der Waals surface area contributed by atoms with Crippen LogP contribution in [-0.2, 0) is 0 Å². The van der Waals surface area contributed by atoms with Crippen molar-refractivity contribution in [3.8, 4) is 5.75 Å². The van der Waals surface area contributed by atoms with Crippen LogP contribution in [0.1, 0.15) is 24.8 Å². The van der Waals surface area contributed by atoms with Crippen LogP contribution in [0.2, 0.25) is 0 Å². The van der Waals surface area contributed by atoms with E-state index < -0.39 is 0 Å². The van der Waals surface area contributed by atoms with Crippen molar-refractivity contribution in [2.75, 3.05) is 11.9 Å². The number of unbranched alkanes of at least 4 members (excludes halogenated alkanes) is 2. The van der Waals surface area contributed by atoms with E-state index >= 15 is 0 Å². The minimum Gasteiger partial charge on any atom is -0.492 e. The Labute approximate surface area is 108 Å². The maximum atomic E-state index is 5.68. The molecule has 1 rings (SSSR count). The summed E-state index contributed by atoms with van der Waals surface area (Å²) in [6.07, 6.45) is 3.55. The van der Waals surface area contributed by atoms with Crippen molar-refractivity contribution in [3.63, 3.8) is 0 Å². The third kappa shape index (κ3) is 5.03. The first-order chi connectivity index (χ1) is 7.24. The average Bonchev–Trinajstić information content (AvgIpc) is 2.20. The van der Waals surface area contributed by atoms with Crippen molar-refractivity contribution in [2.45, 2.75) is 26.2 Å². The number of aryl methyl sites for hydroxylation is 1. The van der Waals surface area contributed by atoms with Crippen molar-refractivity contribution in [1.82, 2.24) is 0 Å². The first kappa shape index (κ1) is 13.0. The van der Waals surface area contributed by atoms with E-state index in [9.17, 15) is 0 Å². The van der Waals surface area contributed by atoms with Gasteiger partial charge >= 0.3 is 0 Å². The number of rotatable bonds is 6. The SMILES string of the molecule is Cc1ccc(OCCCCCBr)c(Br)c1. The molecule has 0 fully saturated rings. The summed E-state index contributed by atoms with van der Waals surface area (Å²) in [6, 6.07) is 6.16. The molecule has 1 aromatic carbocycles. The van der Waals surface area contributed by atoms with Gasteiger partial charge in [0.1, 0.15) is 5.75 Å². The molecule has 0 unspecified atom stereocenters. The minimum absolute atomic E-state index is 0.800. The highest BCUT2D eigenvalue weighted by atomic mass is 79.9. The topological polar surface area (TPSA) is 9.23 Å². The smallest absolute Gasteiger partial charge is 0.133 e. The van der Waals surface area contributed by atoms with Gasteiger partial charge in [-0.1, -0.05) is 22.0 Å². The Morgan fingerprint density at radius 2 is 2.00 bits per heavy atom. The number of alkyl halides is 1. The van der Waals surface area contributed by atoms with E-state index in [0.717, 1.165) is 28.6 Å². The van der Waals surface area contributed by atoms with Gasteiger partial charge < -0.3 is 4.74 Å². The molecule has 1 nitrogen and oxygen atoms in total. The molecular weight excluding hydrogens is 320 g/mol. The molecular formula is C12H16Br2O. The van der Waals surface area contributed by atoms with Gasteiger partial charge in [-0.25, -0.2) is 0 Å². The standard InChI is InChI=1S/C12H16Br2O/c1-10-5-6-12(11(14)9-10)15-8-4-2-3-7-13/h5-6,9H,2-4,7-8H2,1H3. The van der Waals surface area contributed by atoms with E-state index in [1.54, 1.807) is 0 Å². The lowest BCUT2D eigenvalue weighted by Crippen LogP contribution is -1.98. The van der Waals surface area contributed by atoms with Crippen LogP contribution in [0.3, 0.4) is 0 Å². The molecule has 0 aliphatic rings. The van der Waals surface area contributed by atoms with Crippen LogP contribution in [0.15, 0.2) is 22.7 Å². The molecule has 0 saturated heterocycles. The Bertz CT molecular complexity index is 300. The summed E-state index contributed by atoms with van der Waals surface area (Å²) in [4.78, 5) is 0. The maximum absolute atomic E-state index is 5.68. The second-order valence-corrected chi connectivity index (χ2v) is 5.18. The second kappa shape index (κ2) is 7.29. The summed E-state index contributed by atoms with van der Waals surface area (Å²) in [5, 5.41) is 1.08. The molecule has 0 amide bonds. The zero-order chi connectivity index (χ0) is 11.1. The molecule has 15 heavy (non-hydrogen) atoms. The zero-order valence-electron chi connectivity index (χ0n) is 8.93. The number of halogens is 2. The molecule has 0 aliphatic carbocycles. The Kier molecular flexibility index (Phi) is 6.34. The van der Waals surface area contributed by atoms with E-state index in [4.69, 9.17) is 4.74 Å². The fourth-order valence-electron chi connectivity index (χ4n) is 1.28. The Hall–Kier alpha value is -0.0200. The van der Waals surface area contributed by atoms with Crippen LogP contribution in [0.5, 0.6) is 5.75 Å². The summed E-state index contributed by atoms with van der Waals surface area (Å²) in [5.74, 6) is 0.944. The molecule has 0 atom stereocenters. The second-order valence-electron chi connectivity index (χ2n) is 3.53. The molecule has 0 aromatic heterocycles. The predicted molar refractivity (Wildman–Crippen MR) is 72.0 cm³/mol. The Balaban J connectivity index is 2.31. The maximum Gasteiger partial charge on any atom is 0.133 e. The van der Waals surface area contributed by atoms with E-state index in [-0.39, 0.29) is 0 Å². The van der Waals surface area contributed by atoms with E-state index in [1.165, 1.54) is 18.4 Å². The van der Waals surface area contributed by atoms with Gasteiger partial charge in [0.2, 0.25) is 0 Å². The lowest BCUT2D eigenvalue weighted by Gasteiger charge is -2.08. The monoisotopic (exact) mass is 334 g/mol. The van der Waals surface area contributed by atoms with Gasteiger partial charge in [0.15, 0.2) is 0 Å². The van der Waals surface area contributed by atoms with Crippen LogP contribution in [0.4, 0.5) is 0 Å². The lowest BCUT2D eigenvalue weighted by atomic mass is 10.2. The van der Waals surface area contributed by atoms with Crippen LogP contribution < -0.4 is 4.74 Å². The molecule has 3 heteroatoms. The molecule has 0 heterocycles. The first-order valence-electron chi connectivity index (χ1n) is 5.19. The predicted octanol–water partition coefficient (Wildman–Crippen LogP) is 4.70. The van der Waals surface area contributed by atoms with Crippen molar-refractivity contribution >= 4 is 31.9 Å². The highest BCUT2D eigenvalue weighted by molar-refractivity contribution is 9.10. The summed E-state index contributed by atoms with van der Waals surface area (Å²) in [7, 11) is 0.